The average molecular weight is 357 g/mol. The maximum atomic E-state index is 12.8. The van der Waals surface area contributed by atoms with Crippen molar-refractivity contribution in [3.05, 3.63) is 64.8 Å². The number of benzene rings is 2. The third kappa shape index (κ3) is 3.35. The number of ether oxygens (including phenoxy) is 1. The molecular weight excluding hydrogens is 336 g/mol. The number of aryl methyl sites for hydroxylation is 1. The Morgan fingerprint density at radius 1 is 1.20 bits per heavy atom. The van der Waals surface area contributed by atoms with Gasteiger partial charge in [0, 0.05) is 18.0 Å². The predicted octanol–water partition coefficient (Wildman–Crippen LogP) is 4.72. The molecule has 5 heteroatoms. The molecule has 3 aromatic rings. The van der Waals surface area contributed by atoms with Gasteiger partial charge in [-0.05, 0) is 37.6 Å². The second kappa shape index (κ2) is 7.19. The van der Waals surface area contributed by atoms with Crippen molar-refractivity contribution < 1.29 is 9.53 Å². The van der Waals surface area contributed by atoms with Gasteiger partial charge in [0.05, 0.1) is 17.7 Å². The van der Waals surface area contributed by atoms with Crippen molar-refractivity contribution in [1.82, 2.24) is 9.88 Å². The summed E-state index contributed by atoms with van der Waals surface area (Å²) in [7, 11) is 1.85. The van der Waals surface area contributed by atoms with Crippen LogP contribution in [0, 0.1) is 0 Å². The van der Waals surface area contributed by atoms with Crippen LogP contribution in [0.4, 0.5) is 0 Å². The van der Waals surface area contributed by atoms with Crippen molar-refractivity contribution in [2.75, 3.05) is 6.61 Å². The number of nitrogens with zero attached hydrogens (tertiary/aromatic N) is 1. The third-order valence-corrected chi connectivity index (χ3v) is 4.68. The van der Waals surface area contributed by atoms with Gasteiger partial charge in [-0.2, -0.15) is 0 Å². The van der Waals surface area contributed by atoms with Crippen molar-refractivity contribution in [3.63, 3.8) is 0 Å². The molecule has 0 aliphatic rings. The summed E-state index contributed by atoms with van der Waals surface area (Å²) in [6.07, 6.45) is 0. The zero-order valence-corrected chi connectivity index (χ0v) is 15.3. The van der Waals surface area contributed by atoms with Gasteiger partial charge in [-0.15, -0.1) is 0 Å². The molecule has 1 aromatic heterocycles. The average Bonchev–Trinajstić information content (AvgIpc) is 2.87. The SMILES string of the molecule is CCOc1ccc(C(C)NC(=O)c2c(Cl)c3ccccc3n2C)cc1. The van der Waals surface area contributed by atoms with Crippen LogP contribution in [0.3, 0.4) is 0 Å². The summed E-state index contributed by atoms with van der Waals surface area (Å²) < 4.78 is 7.28. The lowest BCUT2D eigenvalue weighted by Gasteiger charge is -2.15. The van der Waals surface area contributed by atoms with Crippen LogP contribution in [-0.4, -0.2) is 17.1 Å². The molecule has 1 atom stereocenters. The Morgan fingerprint density at radius 2 is 1.88 bits per heavy atom. The molecule has 0 spiro atoms. The van der Waals surface area contributed by atoms with Crippen LogP contribution in [0.2, 0.25) is 5.02 Å². The second-order valence-electron chi connectivity index (χ2n) is 5.94. The first-order valence-corrected chi connectivity index (χ1v) is 8.67. The first kappa shape index (κ1) is 17.4. The molecule has 1 amide bonds. The number of hydrogen-bond acceptors (Lipinski definition) is 2. The molecule has 0 bridgehead atoms. The van der Waals surface area contributed by atoms with Crippen molar-refractivity contribution in [2.24, 2.45) is 7.05 Å². The standard InChI is InChI=1S/C20H21ClN2O2/c1-4-25-15-11-9-14(10-12-15)13(2)22-20(24)19-18(21)16-7-5-6-8-17(16)23(19)3/h5-13H,4H2,1-3H3,(H,22,24). The Hall–Kier alpha value is -2.46. The summed E-state index contributed by atoms with van der Waals surface area (Å²) in [6.45, 7) is 4.53. The Labute approximate surface area is 152 Å². The van der Waals surface area contributed by atoms with Crippen LogP contribution in [-0.2, 0) is 7.05 Å². The number of carbonyl (C=O) groups is 1. The topological polar surface area (TPSA) is 43.3 Å². The summed E-state index contributed by atoms with van der Waals surface area (Å²) in [4.78, 5) is 12.8. The molecule has 2 aromatic carbocycles. The number of carbonyl (C=O) groups excluding carboxylic acids is 1. The number of amides is 1. The molecule has 1 unspecified atom stereocenters. The van der Waals surface area contributed by atoms with Crippen LogP contribution in [0.15, 0.2) is 48.5 Å². The smallest absolute Gasteiger partial charge is 0.269 e. The van der Waals surface area contributed by atoms with Crippen molar-refractivity contribution >= 4 is 28.4 Å². The monoisotopic (exact) mass is 356 g/mol. The van der Waals surface area contributed by atoms with E-state index >= 15 is 0 Å². The minimum atomic E-state index is -0.190. The van der Waals surface area contributed by atoms with E-state index in [0.717, 1.165) is 22.2 Å². The number of para-hydroxylation sites is 1. The molecule has 3 rings (SSSR count). The van der Waals surface area contributed by atoms with E-state index in [1.54, 1.807) is 0 Å². The Bertz CT molecular complexity index is 861. The maximum absolute atomic E-state index is 12.8. The van der Waals surface area contributed by atoms with Crippen LogP contribution >= 0.6 is 11.6 Å². The number of fused-ring (bicyclic) bond motifs is 1. The zero-order valence-electron chi connectivity index (χ0n) is 14.5. The highest BCUT2D eigenvalue weighted by Crippen LogP contribution is 2.30. The lowest BCUT2D eigenvalue weighted by molar-refractivity contribution is 0.0932. The number of hydrogen-bond donors (Lipinski definition) is 1. The van der Waals surface area contributed by atoms with Gasteiger partial charge in [0.25, 0.3) is 5.91 Å². The van der Waals surface area contributed by atoms with Crippen molar-refractivity contribution in [3.8, 4) is 5.75 Å². The van der Waals surface area contributed by atoms with Gasteiger partial charge in [-0.1, -0.05) is 41.9 Å². The highest BCUT2D eigenvalue weighted by atomic mass is 35.5. The van der Waals surface area contributed by atoms with Gasteiger partial charge >= 0.3 is 0 Å². The quantitative estimate of drug-likeness (QED) is 0.718. The number of rotatable bonds is 5. The van der Waals surface area contributed by atoms with Gasteiger partial charge < -0.3 is 14.6 Å². The highest BCUT2D eigenvalue weighted by Gasteiger charge is 2.21. The fraction of sp³-hybridized carbons (Fsp3) is 0.250. The highest BCUT2D eigenvalue weighted by molar-refractivity contribution is 6.38. The molecule has 0 saturated carbocycles. The lowest BCUT2D eigenvalue weighted by Crippen LogP contribution is -2.28. The van der Waals surface area contributed by atoms with Gasteiger partial charge in [-0.25, -0.2) is 0 Å². The minimum absolute atomic E-state index is 0.141. The number of aromatic nitrogens is 1. The van der Waals surface area contributed by atoms with E-state index in [1.165, 1.54) is 0 Å². The molecule has 0 radical (unpaired) electrons. The van der Waals surface area contributed by atoms with E-state index in [9.17, 15) is 4.79 Å². The van der Waals surface area contributed by atoms with E-state index in [0.29, 0.717) is 17.3 Å². The lowest BCUT2D eigenvalue weighted by atomic mass is 10.1. The van der Waals surface area contributed by atoms with Gasteiger partial charge in [0.2, 0.25) is 0 Å². The van der Waals surface area contributed by atoms with Crippen molar-refractivity contribution in [2.45, 2.75) is 19.9 Å². The van der Waals surface area contributed by atoms with Crippen LogP contribution < -0.4 is 10.1 Å². The van der Waals surface area contributed by atoms with Crippen molar-refractivity contribution in [1.29, 1.82) is 0 Å². The molecule has 0 aliphatic carbocycles. The fourth-order valence-electron chi connectivity index (χ4n) is 2.97. The molecule has 130 valence electrons. The summed E-state index contributed by atoms with van der Waals surface area (Å²) in [5.41, 5.74) is 2.42. The number of nitrogens with one attached hydrogen (secondary N) is 1. The summed E-state index contributed by atoms with van der Waals surface area (Å²) in [5, 5.41) is 4.38. The molecule has 0 saturated heterocycles. The summed E-state index contributed by atoms with van der Waals surface area (Å²) in [6, 6.07) is 15.3. The van der Waals surface area contributed by atoms with Gasteiger partial charge in [-0.3, -0.25) is 4.79 Å². The van der Waals surface area contributed by atoms with E-state index in [4.69, 9.17) is 16.3 Å². The molecule has 1 N–H and O–H groups in total. The van der Waals surface area contributed by atoms with Gasteiger partial charge in [0.15, 0.2) is 0 Å². The molecule has 25 heavy (non-hydrogen) atoms. The molecule has 1 heterocycles. The van der Waals surface area contributed by atoms with Crippen LogP contribution in [0.25, 0.3) is 10.9 Å². The minimum Gasteiger partial charge on any atom is -0.494 e. The summed E-state index contributed by atoms with van der Waals surface area (Å²) >= 11 is 6.44. The predicted molar refractivity (Wildman–Crippen MR) is 101 cm³/mol. The van der Waals surface area contributed by atoms with E-state index in [-0.39, 0.29) is 11.9 Å². The Kier molecular flexibility index (Phi) is 5.00. The Balaban J connectivity index is 1.82. The van der Waals surface area contributed by atoms with E-state index in [2.05, 4.69) is 5.32 Å². The summed E-state index contributed by atoms with van der Waals surface area (Å²) in [5.74, 6) is 0.631. The largest absolute Gasteiger partial charge is 0.494 e. The first-order valence-electron chi connectivity index (χ1n) is 8.29. The number of halogens is 1. The van der Waals surface area contributed by atoms with Crippen LogP contribution in [0.1, 0.15) is 35.9 Å². The Morgan fingerprint density at radius 3 is 2.52 bits per heavy atom. The first-order chi connectivity index (χ1) is 12.0. The van der Waals surface area contributed by atoms with E-state index < -0.39 is 0 Å². The second-order valence-corrected chi connectivity index (χ2v) is 6.31. The molecule has 0 fully saturated rings. The molecule has 4 nitrogen and oxygen atoms in total. The fourth-order valence-corrected chi connectivity index (χ4v) is 3.34. The molecule has 0 aliphatic heterocycles. The maximum Gasteiger partial charge on any atom is 0.269 e. The molecular formula is C20H21ClN2O2. The van der Waals surface area contributed by atoms with E-state index in [1.807, 2.05) is 74.0 Å². The third-order valence-electron chi connectivity index (χ3n) is 4.30. The normalized spacial score (nSPS) is 12.2. The van der Waals surface area contributed by atoms with Gasteiger partial charge in [0.1, 0.15) is 11.4 Å². The zero-order chi connectivity index (χ0) is 18.0. The van der Waals surface area contributed by atoms with Crippen LogP contribution in [0.5, 0.6) is 5.75 Å².